The molecule has 3 heteroatoms. The van der Waals surface area contributed by atoms with Gasteiger partial charge in [-0.05, 0) is 55.6 Å². The first-order valence-electron chi connectivity index (χ1n) is 8.70. The average molecular weight is 301 g/mol. The topological polar surface area (TPSA) is 29.5 Å². The largest absolute Gasteiger partial charge is 0.483 e. The second-order valence-electron chi connectivity index (χ2n) is 6.86. The van der Waals surface area contributed by atoms with Crippen LogP contribution in [0.5, 0.6) is 5.75 Å². The van der Waals surface area contributed by atoms with Crippen molar-refractivity contribution < 1.29 is 9.53 Å². The Morgan fingerprint density at radius 3 is 2.64 bits per heavy atom. The summed E-state index contributed by atoms with van der Waals surface area (Å²) in [6.45, 7) is 5.50. The van der Waals surface area contributed by atoms with Crippen LogP contribution in [0.25, 0.3) is 0 Å². The monoisotopic (exact) mass is 301 g/mol. The first kappa shape index (κ1) is 15.4. The zero-order chi connectivity index (χ0) is 15.5. The molecule has 2 aliphatic carbocycles. The molecule has 0 N–H and O–H groups in total. The van der Waals surface area contributed by atoms with E-state index in [0.29, 0.717) is 12.0 Å². The normalized spacial score (nSPS) is 18.8. The molecule has 22 heavy (non-hydrogen) atoms. The third kappa shape index (κ3) is 3.82. The van der Waals surface area contributed by atoms with Crippen LogP contribution in [0.4, 0.5) is 0 Å². The second kappa shape index (κ2) is 6.72. The van der Waals surface area contributed by atoms with Gasteiger partial charge in [0, 0.05) is 12.6 Å². The Balaban J connectivity index is 1.60. The fourth-order valence-electron chi connectivity index (χ4n) is 2.88. The third-order valence-corrected chi connectivity index (χ3v) is 4.87. The predicted octanol–water partition coefficient (Wildman–Crippen LogP) is 3.98. The number of carbonyl (C=O) groups is 1. The van der Waals surface area contributed by atoms with Gasteiger partial charge in [0.15, 0.2) is 6.61 Å². The summed E-state index contributed by atoms with van der Waals surface area (Å²) >= 11 is 0. The van der Waals surface area contributed by atoms with Crippen molar-refractivity contribution in [1.82, 2.24) is 4.90 Å². The van der Waals surface area contributed by atoms with Crippen molar-refractivity contribution in [2.75, 3.05) is 13.2 Å². The number of rotatable bonds is 8. The molecule has 1 atom stereocenters. The predicted molar refractivity (Wildman–Crippen MR) is 88.1 cm³/mol. The number of hydrogen-bond donors (Lipinski definition) is 0. The van der Waals surface area contributed by atoms with E-state index in [1.165, 1.54) is 31.2 Å². The van der Waals surface area contributed by atoms with Crippen LogP contribution in [-0.4, -0.2) is 30.0 Å². The van der Waals surface area contributed by atoms with E-state index in [1.807, 2.05) is 18.2 Å². The minimum Gasteiger partial charge on any atom is -0.483 e. The smallest absolute Gasteiger partial charge is 0.260 e. The lowest BCUT2D eigenvalue weighted by atomic mass is 9.98. The highest BCUT2D eigenvalue weighted by atomic mass is 16.5. The number of para-hydroxylation sites is 1. The summed E-state index contributed by atoms with van der Waals surface area (Å²) in [6, 6.07) is 8.60. The van der Waals surface area contributed by atoms with Crippen molar-refractivity contribution in [3.63, 3.8) is 0 Å². The van der Waals surface area contributed by atoms with Crippen molar-refractivity contribution in [2.24, 2.45) is 5.92 Å². The van der Waals surface area contributed by atoms with E-state index in [1.54, 1.807) is 0 Å². The molecule has 0 saturated heterocycles. The quantitative estimate of drug-likeness (QED) is 0.727. The molecule has 1 unspecified atom stereocenters. The summed E-state index contributed by atoms with van der Waals surface area (Å²) in [4.78, 5) is 14.6. The van der Waals surface area contributed by atoms with Crippen molar-refractivity contribution in [1.29, 1.82) is 0 Å². The van der Waals surface area contributed by atoms with Crippen LogP contribution in [0.1, 0.15) is 57.4 Å². The van der Waals surface area contributed by atoms with E-state index >= 15 is 0 Å². The zero-order valence-electron chi connectivity index (χ0n) is 13.8. The lowest BCUT2D eigenvalue weighted by molar-refractivity contribution is -0.134. The molecular formula is C19H27NO2. The van der Waals surface area contributed by atoms with Gasteiger partial charge in [0.2, 0.25) is 0 Å². The number of benzene rings is 1. The van der Waals surface area contributed by atoms with Gasteiger partial charge in [-0.25, -0.2) is 0 Å². The summed E-state index contributed by atoms with van der Waals surface area (Å²) in [5.74, 6) is 2.23. The fourth-order valence-corrected chi connectivity index (χ4v) is 2.88. The number of carbonyl (C=O) groups excluding carboxylic acids is 1. The van der Waals surface area contributed by atoms with Crippen molar-refractivity contribution in [2.45, 2.75) is 57.9 Å². The Morgan fingerprint density at radius 1 is 1.27 bits per heavy atom. The summed E-state index contributed by atoms with van der Waals surface area (Å²) in [7, 11) is 0. The second-order valence-corrected chi connectivity index (χ2v) is 6.86. The summed E-state index contributed by atoms with van der Waals surface area (Å²) in [6.07, 6.45) is 5.98. The molecule has 0 spiro atoms. The maximum Gasteiger partial charge on any atom is 0.260 e. The van der Waals surface area contributed by atoms with Crippen molar-refractivity contribution in [3.8, 4) is 5.75 Å². The average Bonchev–Trinajstić information content (AvgIpc) is 3.42. The minimum absolute atomic E-state index is 0.161. The van der Waals surface area contributed by atoms with Crippen LogP contribution >= 0.6 is 0 Å². The van der Waals surface area contributed by atoms with E-state index in [-0.39, 0.29) is 12.5 Å². The van der Waals surface area contributed by atoms with Crippen molar-refractivity contribution in [3.05, 3.63) is 29.8 Å². The fraction of sp³-hybridized carbons (Fsp3) is 0.632. The lowest BCUT2D eigenvalue weighted by Crippen LogP contribution is -2.38. The standard InChI is InChI=1S/C19H27NO2/c1-3-14(2)17-6-4-5-7-18(17)22-13-19(21)20(16-10-11-16)12-15-8-9-15/h4-7,14-16H,3,8-13H2,1-2H3. The van der Waals surface area contributed by atoms with Crippen molar-refractivity contribution >= 4 is 5.91 Å². The maximum atomic E-state index is 12.5. The summed E-state index contributed by atoms with van der Waals surface area (Å²) < 4.78 is 5.89. The Labute approximate surface area is 133 Å². The minimum atomic E-state index is 0.161. The van der Waals surface area contributed by atoms with Gasteiger partial charge in [0.1, 0.15) is 5.75 Å². The molecule has 0 heterocycles. The van der Waals surface area contributed by atoms with Crippen LogP contribution in [0.3, 0.4) is 0 Å². The lowest BCUT2D eigenvalue weighted by Gasteiger charge is -2.23. The van der Waals surface area contributed by atoms with E-state index in [0.717, 1.165) is 24.6 Å². The highest BCUT2D eigenvalue weighted by Crippen LogP contribution is 2.35. The molecule has 1 amide bonds. The number of nitrogens with zero attached hydrogens (tertiary/aromatic N) is 1. The van der Waals surface area contributed by atoms with E-state index in [4.69, 9.17) is 4.74 Å². The Hall–Kier alpha value is -1.51. The van der Waals surface area contributed by atoms with Crippen LogP contribution in [-0.2, 0) is 4.79 Å². The Bertz CT molecular complexity index is 520. The first-order chi connectivity index (χ1) is 10.7. The third-order valence-electron chi connectivity index (χ3n) is 4.87. The van der Waals surface area contributed by atoms with Gasteiger partial charge < -0.3 is 9.64 Å². The maximum absolute atomic E-state index is 12.5. The Morgan fingerprint density at radius 2 is 2.00 bits per heavy atom. The van der Waals surface area contributed by atoms with Crippen LogP contribution in [0, 0.1) is 5.92 Å². The molecular weight excluding hydrogens is 274 g/mol. The molecule has 2 aliphatic rings. The van der Waals surface area contributed by atoms with Gasteiger partial charge in [0.05, 0.1) is 0 Å². The Kier molecular flexibility index (Phi) is 4.70. The molecule has 3 nitrogen and oxygen atoms in total. The zero-order valence-corrected chi connectivity index (χ0v) is 13.8. The van der Waals surface area contributed by atoms with Gasteiger partial charge >= 0.3 is 0 Å². The SMILES string of the molecule is CCC(C)c1ccccc1OCC(=O)N(CC1CC1)C1CC1. The first-order valence-corrected chi connectivity index (χ1v) is 8.70. The van der Waals surface area contributed by atoms with Crippen LogP contribution in [0.15, 0.2) is 24.3 Å². The highest BCUT2D eigenvalue weighted by molar-refractivity contribution is 5.78. The molecule has 1 aromatic carbocycles. The highest BCUT2D eigenvalue weighted by Gasteiger charge is 2.36. The van der Waals surface area contributed by atoms with Gasteiger partial charge in [-0.15, -0.1) is 0 Å². The van der Waals surface area contributed by atoms with E-state index in [2.05, 4.69) is 24.8 Å². The van der Waals surface area contributed by atoms with Gasteiger partial charge in [-0.3, -0.25) is 4.79 Å². The van der Waals surface area contributed by atoms with E-state index < -0.39 is 0 Å². The van der Waals surface area contributed by atoms with Gasteiger partial charge in [0.25, 0.3) is 5.91 Å². The molecule has 0 bridgehead atoms. The molecule has 120 valence electrons. The van der Waals surface area contributed by atoms with Crippen LogP contribution in [0.2, 0.25) is 0 Å². The molecule has 2 saturated carbocycles. The summed E-state index contributed by atoms with van der Waals surface area (Å²) in [5, 5.41) is 0. The molecule has 0 radical (unpaired) electrons. The number of ether oxygens (including phenoxy) is 1. The molecule has 0 aliphatic heterocycles. The molecule has 0 aromatic heterocycles. The number of amides is 1. The number of hydrogen-bond acceptors (Lipinski definition) is 2. The van der Waals surface area contributed by atoms with Gasteiger partial charge in [-0.1, -0.05) is 32.0 Å². The van der Waals surface area contributed by atoms with E-state index in [9.17, 15) is 4.79 Å². The molecule has 3 rings (SSSR count). The molecule has 2 fully saturated rings. The van der Waals surface area contributed by atoms with Crippen LogP contribution < -0.4 is 4.74 Å². The summed E-state index contributed by atoms with van der Waals surface area (Å²) in [5.41, 5.74) is 1.21. The molecule has 1 aromatic rings. The van der Waals surface area contributed by atoms with Gasteiger partial charge in [-0.2, -0.15) is 0 Å².